The first-order chi connectivity index (χ1) is 8.45. The third kappa shape index (κ3) is 3.94. The quantitative estimate of drug-likeness (QED) is 0.708. The van der Waals surface area contributed by atoms with E-state index in [4.69, 9.17) is 10.2 Å². The Labute approximate surface area is 113 Å². The molecule has 0 aliphatic carbocycles. The number of aliphatic hydroxyl groups excluding tert-OH is 2. The molecule has 0 radical (unpaired) electrons. The zero-order valence-electron chi connectivity index (χ0n) is 9.88. The van der Waals surface area contributed by atoms with E-state index in [9.17, 15) is 9.90 Å². The van der Waals surface area contributed by atoms with Crippen LogP contribution in [0.25, 0.3) is 0 Å². The van der Waals surface area contributed by atoms with Gasteiger partial charge in [-0.3, -0.25) is 0 Å². The molecule has 1 rings (SSSR count). The highest BCUT2D eigenvalue weighted by molar-refractivity contribution is 9.10. The summed E-state index contributed by atoms with van der Waals surface area (Å²) in [6.45, 7) is 1.42. The summed E-state index contributed by atoms with van der Waals surface area (Å²) in [4.78, 5) is 15.9. The molecule has 1 aromatic heterocycles. The maximum atomic E-state index is 10.9. The molecule has 1 heterocycles. The smallest absolute Gasteiger partial charge is 0.407 e. The van der Waals surface area contributed by atoms with Gasteiger partial charge in [0.1, 0.15) is 4.60 Å². The lowest BCUT2D eigenvalue weighted by molar-refractivity contribution is 0.0870. The Morgan fingerprint density at radius 3 is 2.78 bits per heavy atom. The van der Waals surface area contributed by atoms with E-state index in [0.717, 1.165) is 10.5 Å². The number of carbonyl (C=O) groups is 1. The van der Waals surface area contributed by atoms with Crippen molar-refractivity contribution in [3.8, 4) is 0 Å². The number of hydrogen-bond donors (Lipinski definition) is 3. The van der Waals surface area contributed by atoms with Gasteiger partial charge >= 0.3 is 6.09 Å². The molecular formula is C11H15BrN2O4. The molecule has 3 N–H and O–H groups in total. The van der Waals surface area contributed by atoms with E-state index in [1.165, 1.54) is 6.20 Å². The second-order valence-electron chi connectivity index (χ2n) is 3.84. The van der Waals surface area contributed by atoms with Crippen molar-refractivity contribution >= 4 is 22.0 Å². The molecule has 0 spiro atoms. The molecule has 0 bridgehead atoms. The molecule has 0 aliphatic heterocycles. The first-order valence-corrected chi connectivity index (χ1v) is 6.13. The number of amides is 1. The number of aliphatic hydroxyl groups is 2. The van der Waals surface area contributed by atoms with E-state index in [1.54, 1.807) is 6.07 Å². The molecule has 0 saturated carbocycles. The van der Waals surface area contributed by atoms with Crippen LogP contribution < -0.4 is 0 Å². The van der Waals surface area contributed by atoms with E-state index in [-0.39, 0.29) is 19.7 Å². The summed E-state index contributed by atoms with van der Waals surface area (Å²) in [6, 6.07) is 1.74. The SMILES string of the molecule is Cc1cc([C@H](O)CN(CCO)C(=O)O)cnc1Br. The minimum absolute atomic E-state index is 0.0324. The normalized spacial score (nSPS) is 12.2. The van der Waals surface area contributed by atoms with Crippen LogP contribution >= 0.6 is 15.9 Å². The third-order valence-electron chi connectivity index (χ3n) is 2.45. The molecule has 0 aliphatic rings. The summed E-state index contributed by atoms with van der Waals surface area (Å²) in [6.07, 6.45) is -0.655. The Morgan fingerprint density at radius 2 is 2.28 bits per heavy atom. The lowest BCUT2D eigenvalue weighted by Gasteiger charge is -2.21. The highest BCUT2D eigenvalue weighted by Crippen LogP contribution is 2.19. The standard InChI is InChI=1S/C11H15BrN2O4/c1-7-4-8(5-13-10(7)12)9(16)6-14(2-3-15)11(17)18/h4-5,9,15-16H,2-3,6H2,1H3,(H,17,18)/t9-/m1/s1. The van der Waals surface area contributed by atoms with Gasteiger partial charge in [-0.1, -0.05) is 0 Å². The Hall–Kier alpha value is -1.18. The highest BCUT2D eigenvalue weighted by atomic mass is 79.9. The van der Waals surface area contributed by atoms with E-state index >= 15 is 0 Å². The largest absolute Gasteiger partial charge is 0.465 e. The second kappa shape index (κ2) is 6.67. The summed E-state index contributed by atoms with van der Waals surface area (Å²) < 4.78 is 0.684. The fourth-order valence-electron chi connectivity index (χ4n) is 1.46. The maximum absolute atomic E-state index is 10.9. The molecule has 100 valence electrons. The number of carboxylic acid groups (broad SMARTS) is 1. The number of nitrogens with zero attached hydrogens (tertiary/aromatic N) is 2. The summed E-state index contributed by atoms with van der Waals surface area (Å²) >= 11 is 3.25. The number of aromatic nitrogens is 1. The zero-order valence-corrected chi connectivity index (χ0v) is 11.5. The predicted octanol–water partition coefficient (Wildman–Crippen LogP) is 1.16. The number of rotatable bonds is 5. The Morgan fingerprint density at radius 1 is 1.61 bits per heavy atom. The van der Waals surface area contributed by atoms with Crippen LogP contribution in [0.15, 0.2) is 16.9 Å². The van der Waals surface area contributed by atoms with E-state index < -0.39 is 12.2 Å². The number of halogens is 1. The Bertz CT molecular complexity index is 428. The summed E-state index contributed by atoms with van der Waals surface area (Å²) in [7, 11) is 0. The minimum Gasteiger partial charge on any atom is -0.465 e. The molecule has 7 heteroatoms. The first kappa shape index (κ1) is 14.9. The van der Waals surface area contributed by atoms with Crippen molar-refractivity contribution in [1.29, 1.82) is 0 Å². The van der Waals surface area contributed by atoms with Gasteiger partial charge in [-0.2, -0.15) is 0 Å². The van der Waals surface area contributed by atoms with Crippen LogP contribution in [0.2, 0.25) is 0 Å². The van der Waals surface area contributed by atoms with Crippen LogP contribution in [0.5, 0.6) is 0 Å². The fraction of sp³-hybridized carbons (Fsp3) is 0.455. The number of hydrogen-bond acceptors (Lipinski definition) is 4. The fourth-order valence-corrected chi connectivity index (χ4v) is 1.68. The van der Waals surface area contributed by atoms with Gasteiger partial charge in [0.15, 0.2) is 0 Å². The van der Waals surface area contributed by atoms with Gasteiger partial charge < -0.3 is 20.2 Å². The monoisotopic (exact) mass is 318 g/mol. The molecule has 0 saturated heterocycles. The Kier molecular flexibility index (Phi) is 5.52. The summed E-state index contributed by atoms with van der Waals surface area (Å²) in [5.74, 6) is 0. The molecule has 1 atom stereocenters. The van der Waals surface area contributed by atoms with Crippen LogP contribution in [0.1, 0.15) is 17.2 Å². The first-order valence-electron chi connectivity index (χ1n) is 5.34. The average Bonchev–Trinajstić information content (AvgIpc) is 2.31. The van der Waals surface area contributed by atoms with E-state index in [2.05, 4.69) is 20.9 Å². The molecule has 18 heavy (non-hydrogen) atoms. The topological polar surface area (TPSA) is 93.9 Å². The van der Waals surface area contributed by atoms with Crippen molar-refractivity contribution in [2.75, 3.05) is 19.7 Å². The van der Waals surface area contributed by atoms with Crippen molar-refractivity contribution in [2.24, 2.45) is 0 Å². The lowest BCUT2D eigenvalue weighted by atomic mass is 10.1. The van der Waals surface area contributed by atoms with Crippen LogP contribution in [0.4, 0.5) is 4.79 Å². The van der Waals surface area contributed by atoms with Crippen LogP contribution in [-0.4, -0.2) is 51.0 Å². The molecular weight excluding hydrogens is 304 g/mol. The van der Waals surface area contributed by atoms with Gasteiger partial charge in [0.2, 0.25) is 0 Å². The van der Waals surface area contributed by atoms with Crippen LogP contribution in [0.3, 0.4) is 0 Å². The minimum atomic E-state index is -1.18. The van der Waals surface area contributed by atoms with Crippen molar-refractivity contribution in [3.05, 3.63) is 28.0 Å². The third-order valence-corrected chi connectivity index (χ3v) is 3.28. The van der Waals surface area contributed by atoms with Crippen molar-refractivity contribution in [3.63, 3.8) is 0 Å². The van der Waals surface area contributed by atoms with Crippen LogP contribution in [-0.2, 0) is 0 Å². The summed E-state index contributed by atoms with van der Waals surface area (Å²) in [5.41, 5.74) is 1.40. The highest BCUT2D eigenvalue weighted by Gasteiger charge is 2.18. The van der Waals surface area contributed by atoms with Crippen molar-refractivity contribution < 1.29 is 20.1 Å². The molecule has 1 amide bonds. The van der Waals surface area contributed by atoms with E-state index in [1.807, 2.05) is 6.92 Å². The van der Waals surface area contributed by atoms with Gasteiger partial charge in [-0.25, -0.2) is 9.78 Å². The predicted molar refractivity (Wildman–Crippen MR) is 68.3 cm³/mol. The van der Waals surface area contributed by atoms with Gasteiger partial charge in [-0.05, 0) is 34.5 Å². The van der Waals surface area contributed by atoms with Gasteiger partial charge in [0.05, 0.1) is 19.3 Å². The second-order valence-corrected chi connectivity index (χ2v) is 4.60. The van der Waals surface area contributed by atoms with Crippen molar-refractivity contribution in [1.82, 2.24) is 9.88 Å². The van der Waals surface area contributed by atoms with Gasteiger partial charge in [0.25, 0.3) is 0 Å². The van der Waals surface area contributed by atoms with Crippen molar-refractivity contribution in [2.45, 2.75) is 13.0 Å². The number of aryl methyl sites for hydroxylation is 1. The molecule has 0 aromatic carbocycles. The summed E-state index contributed by atoms with van der Waals surface area (Å²) in [5, 5.41) is 27.6. The Balaban J connectivity index is 2.76. The van der Waals surface area contributed by atoms with Gasteiger partial charge in [0, 0.05) is 18.3 Å². The average molecular weight is 319 g/mol. The molecule has 0 unspecified atom stereocenters. The van der Waals surface area contributed by atoms with Gasteiger partial charge in [-0.15, -0.1) is 0 Å². The molecule has 1 aromatic rings. The van der Waals surface area contributed by atoms with Crippen LogP contribution in [0, 0.1) is 6.92 Å². The number of pyridine rings is 1. The zero-order chi connectivity index (χ0) is 13.7. The van der Waals surface area contributed by atoms with E-state index in [0.29, 0.717) is 10.2 Å². The molecule has 6 nitrogen and oxygen atoms in total. The molecule has 0 fully saturated rings. The maximum Gasteiger partial charge on any atom is 0.407 e. The lowest BCUT2D eigenvalue weighted by Crippen LogP contribution is -2.35.